The summed E-state index contributed by atoms with van der Waals surface area (Å²) in [7, 11) is 0. The molecule has 90 valence electrons. The SMILES string of the molecule is O=C1CCCCC(=O)N1CCC1CCNC1. The van der Waals surface area contributed by atoms with Crippen LogP contribution in [-0.4, -0.2) is 36.3 Å². The molecule has 1 N–H and O–H groups in total. The van der Waals surface area contributed by atoms with Gasteiger partial charge in [-0.1, -0.05) is 0 Å². The first kappa shape index (κ1) is 11.6. The molecule has 0 aromatic heterocycles. The molecule has 2 heterocycles. The maximum absolute atomic E-state index is 11.7. The molecule has 2 saturated heterocycles. The predicted octanol–water partition coefficient (Wildman–Crippen LogP) is 0.915. The minimum Gasteiger partial charge on any atom is -0.316 e. The van der Waals surface area contributed by atoms with Crippen LogP contribution in [0.3, 0.4) is 0 Å². The van der Waals surface area contributed by atoms with Gasteiger partial charge >= 0.3 is 0 Å². The Bertz CT molecular complexity index is 254. The van der Waals surface area contributed by atoms with Crippen LogP contribution >= 0.6 is 0 Å². The third-order valence-electron chi connectivity index (χ3n) is 3.56. The summed E-state index contributed by atoms with van der Waals surface area (Å²) < 4.78 is 0. The van der Waals surface area contributed by atoms with E-state index in [1.54, 1.807) is 0 Å². The second-order valence-electron chi connectivity index (χ2n) is 4.79. The monoisotopic (exact) mass is 224 g/mol. The molecule has 0 aromatic rings. The molecule has 0 radical (unpaired) electrons. The summed E-state index contributed by atoms with van der Waals surface area (Å²) in [6.45, 7) is 2.74. The highest BCUT2D eigenvalue weighted by Crippen LogP contribution is 2.17. The van der Waals surface area contributed by atoms with E-state index < -0.39 is 0 Å². The molecule has 1 atom stereocenters. The van der Waals surface area contributed by atoms with Gasteiger partial charge in [-0.25, -0.2) is 0 Å². The molecule has 2 amide bonds. The number of hydrogen-bond acceptors (Lipinski definition) is 3. The molecule has 2 aliphatic rings. The van der Waals surface area contributed by atoms with Gasteiger partial charge in [-0.2, -0.15) is 0 Å². The van der Waals surface area contributed by atoms with Gasteiger partial charge in [0.15, 0.2) is 0 Å². The number of hydrogen-bond donors (Lipinski definition) is 1. The summed E-state index contributed by atoms with van der Waals surface area (Å²) in [5.74, 6) is 0.714. The van der Waals surface area contributed by atoms with Crippen LogP contribution in [0.2, 0.25) is 0 Å². The first-order valence-corrected chi connectivity index (χ1v) is 6.31. The Labute approximate surface area is 96.4 Å². The van der Waals surface area contributed by atoms with Crippen LogP contribution in [0.5, 0.6) is 0 Å². The minimum absolute atomic E-state index is 0.0356. The third kappa shape index (κ3) is 2.82. The van der Waals surface area contributed by atoms with E-state index in [-0.39, 0.29) is 11.8 Å². The first-order valence-electron chi connectivity index (χ1n) is 6.31. The van der Waals surface area contributed by atoms with Crippen molar-refractivity contribution in [3.63, 3.8) is 0 Å². The molecule has 0 saturated carbocycles. The van der Waals surface area contributed by atoms with Crippen LogP contribution in [0.4, 0.5) is 0 Å². The Balaban J connectivity index is 1.84. The summed E-state index contributed by atoms with van der Waals surface area (Å²) in [6, 6.07) is 0. The Morgan fingerprint density at radius 3 is 2.44 bits per heavy atom. The molecule has 16 heavy (non-hydrogen) atoms. The molecule has 2 aliphatic heterocycles. The third-order valence-corrected chi connectivity index (χ3v) is 3.56. The van der Waals surface area contributed by atoms with Gasteiger partial charge in [0.2, 0.25) is 11.8 Å². The highest BCUT2D eigenvalue weighted by molar-refractivity contribution is 5.95. The molecule has 4 heteroatoms. The fourth-order valence-electron chi connectivity index (χ4n) is 2.48. The number of carbonyl (C=O) groups is 2. The number of carbonyl (C=O) groups excluding carboxylic acids is 2. The Morgan fingerprint density at radius 1 is 1.19 bits per heavy atom. The minimum atomic E-state index is 0.0356. The van der Waals surface area contributed by atoms with E-state index in [1.165, 1.54) is 11.3 Å². The van der Waals surface area contributed by atoms with Gasteiger partial charge in [0.1, 0.15) is 0 Å². The topological polar surface area (TPSA) is 49.4 Å². The van der Waals surface area contributed by atoms with E-state index >= 15 is 0 Å². The Kier molecular flexibility index (Phi) is 3.93. The summed E-state index contributed by atoms with van der Waals surface area (Å²) in [5, 5.41) is 3.31. The number of likely N-dealkylation sites (tertiary alicyclic amines) is 1. The normalized spacial score (nSPS) is 27.2. The fourth-order valence-corrected chi connectivity index (χ4v) is 2.48. The highest BCUT2D eigenvalue weighted by atomic mass is 16.2. The first-order chi connectivity index (χ1) is 7.77. The van der Waals surface area contributed by atoms with Crippen LogP contribution < -0.4 is 5.32 Å². The van der Waals surface area contributed by atoms with E-state index in [1.807, 2.05) is 0 Å². The molecule has 2 rings (SSSR count). The van der Waals surface area contributed by atoms with E-state index in [4.69, 9.17) is 0 Å². The second kappa shape index (κ2) is 5.43. The summed E-state index contributed by atoms with van der Waals surface area (Å²) in [5.41, 5.74) is 0. The average molecular weight is 224 g/mol. The number of nitrogens with one attached hydrogen (secondary N) is 1. The molecule has 0 aliphatic carbocycles. The smallest absolute Gasteiger partial charge is 0.229 e. The number of imide groups is 1. The van der Waals surface area contributed by atoms with Gasteiger partial charge in [-0.3, -0.25) is 14.5 Å². The maximum Gasteiger partial charge on any atom is 0.229 e. The van der Waals surface area contributed by atoms with Gasteiger partial charge < -0.3 is 5.32 Å². The zero-order valence-electron chi connectivity index (χ0n) is 9.71. The lowest BCUT2D eigenvalue weighted by Crippen LogP contribution is -2.36. The summed E-state index contributed by atoms with van der Waals surface area (Å²) in [4.78, 5) is 24.9. The van der Waals surface area contributed by atoms with E-state index in [2.05, 4.69) is 5.32 Å². The van der Waals surface area contributed by atoms with Crippen molar-refractivity contribution in [3.8, 4) is 0 Å². The van der Waals surface area contributed by atoms with Crippen LogP contribution in [0, 0.1) is 5.92 Å². The van der Waals surface area contributed by atoms with E-state index in [9.17, 15) is 9.59 Å². The molecule has 0 bridgehead atoms. The van der Waals surface area contributed by atoms with Gasteiger partial charge in [-0.05, 0) is 44.7 Å². The van der Waals surface area contributed by atoms with Crippen molar-refractivity contribution in [1.82, 2.24) is 10.2 Å². The number of amides is 2. The average Bonchev–Trinajstić information content (AvgIpc) is 2.72. The Morgan fingerprint density at radius 2 is 1.88 bits per heavy atom. The molecule has 1 unspecified atom stereocenters. The van der Waals surface area contributed by atoms with Crippen LogP contribution in [-0.2, 0) is 9.59 Å². The number of rotatable bonds is 3. The lowest BCUT2D eigenvalue weighted by atomic mass is 10.0. The van der Waals surface area contributed by atoms with Gasteiger partial charge in [0.25, 0.3) is 0 Å². The lowest BCUT2D eigenvalue weighted by molar-refractivity contribution is -0.143. The van der Waals surface area contributed by atoms with Gasteiger partial charge in [0, 0.05) is 19.4 Å². The molecule has 2 fully saturated rings. The van der Waals surface area contributed by atoms with E-state index in [0.717, 1.165) is 32.4 Å². The lowest BCUT2D eigenvalue weighted by Gasteiger charge is -2.20. The van der Waals surface area contributed by atoms with Crippen LogP contribution in [0.25, 0.3) is 0 Å². The highest BCUT2D eigenvalue weighted by Gasteiger charge is 2.25. The summed E-state index contributed by atoms with van der Waals surface area (Å²) >= 11 is 0. The van der Waals surface area contributed by atoms with Crippen molar-refractivity contribution >= 4 is 11.8 Å². The zero-order chi connectivity index (χ0) is 11.4. The number of nitrogens with zero attached hydrogens (tertiary/aromatic N) is 1. The predicted molar refractivity (Wildman–Crippen MR) is 60.8 cm³/mol. The van der Waals surface area contributed by atoms with Gasteiger partial charge in [0.05, 0.1) is 0 Å². The summed E-state index contributed by atoms with van der Waals surface area (Å²) in [6.07, 6.45) is 4.97. The molecule has 0 aromatic carbocycles. The molecule has 0 spiro atoms. The van der Waals surface area contributed by atoms with Crippen LogP contribution in [0.15, 0.2) is 0 Å². The quantitative estimate of drug-likeness (QED) is 0.725. The van der Waals surface area contributed by atoms with E-state index in [0.29, 0.717) is 25.3 Å². The fraction of sp³-hybridized carbons (Fsp3) is 0.833. The van der Waals surface area contributed by atoms with Crippen LogP contribution in [0.1, 0.15) is 38.5 Å². The molecular weight excluding hydrogens is 204 g/mol. The van der Waals surface area contributed by atoms with Crippen molar-refractivity contribution in [2.24, 2.45) is 5.92 Å². The van der Waals surface area contributed by atoms with Gasteiger partial charge in [-0.15, -0.1) is 0 Å². The van der Waals surface area contributed by atoms with Crippen molar-refractivity contribution < 1.29 is 9.59 Å². The molecule has 4 nitrogen and oxygen atoms in total. The molecular formula is C12H20N2O2. The van der Waals surface area contributed by atoms with Crippen molar-refractivity contribution in [2.75, 3.05) is 19.6 Å². The standard InChI is InChI=1S/C12H20N2O2/c15-11-3-1-2-4-12(16)14(11)8-6-10-5-7-13-9-10/h10,13H,1-9H2. The van der Waals surface area contributed by atoms with Crippen molar-refractivity contribution in [1.29, 1.82) is 0 Å². The maximum atomic E-state index is 11.7. The van der Waals surface area contributed by atoms with Crippen molar-refractivity contribution in [3.05, 3.63) is 0 Å². The van der Waals surface area contributed by atoms with Crippen molar-refractivity contribution in [2.45, 2.75) is 38.5 Å². The zero-order valence-corrected chi connectivity index (χ0v) is 9.71. The second-order valence-corrected chi connectivity index (χ2v) is 4.79. The largest absolute Gasteiger partial charge is 0.316 e. The Hall–Kier alpha value is -0.900.